The van der Waals surface area contributed by atoms with Crippen molar-refractivity contribution >= 4 is 51.6 Å². The number of nitrogens with zero attached hydrogens (tertiary/aromatic N) is 5. The number of anilines is 3. The Labute approximate surface area is 254 Å². The number of methoxy groups -OCH3 is 1. The smallest absolute Gasteiger partial charge is 0.255 e. The molecule has 1 aliphatic heterocycles. The molecule has 11 heteroatoms. The van der Waals surface area contributed by atoms with Crippen LogP contribution in [-0.2, 0) is 6.54 Å². The first-order valence-electron chi connectivity index (χ1n) is 13.1. The normalized spacial score (nSPS) is 13.8. The van der Waals surface area contributed by atoms with Crippen molar-refractivity contribution in [2.24, 2.45) is 0 Å². The fraction of sp³-hybridized carbons (Fsp3) is 0.267. The maximum Gasteiger partial charge on any atom is 0.255 e. The van der Waals surface area contributed by atoms with Crippen LogP contribution >= 0.6 is 28.3 Å². The molecule has 9 nitrogen and oxygen atoms in total. The predicted octanol–water partition coefficient (Wildman–Crippen LogP) is 5.78. The topological polar surface area (TPSA) is 95.5 Å². The fourth-order valence-electron chi connectivity index (χ4n) is 4.55. The van der Waals surface area contributed by atoms with E-state index in [-0.39, 0.29) is 18.3 Å². The van der Waals surface area contributed by atoms with Crippen LogP contribution in [0.3, 0.4) is 0 Å². The van der Waals surface area contributed by atoms with Gasteiger partial charge in [-0.15, -0.1) is 12.4 Å². The Bertz CT molecular complexity index is 1510. The summed E-state index contributed by atoms with van der Waals surface area (Å²) in [6, 6.07) is 15.1. The van der Waals surface area contributed by atoms with Gasteiger partial charge in [0.05, 0.1) is 12.8 Å². The van der Waals surface area contributed by atoms with Gasteiger partial charge in [-0.25, -0.2) is 9.97 Å². The number of halogens is 2. The summed E-state index contributed by atoms with van der Waals surface area (Å²) in [5.74, 6) is 0.958. The Morgan fingerprint density at radius 1 is 1.05 bits per heavy atom. The van der Waals surface area contributed by atoms with E-state index >= 15 is 0 Å². The average Bonchev–Trinajstić information content (AvgIpc) is 2.96. The van der Waals surface area contributed by atoms with Crippen molar-refractivity contribution in [3.05, 3.63) is 88.3 Å². The molecular weight excluding hydrogens is 606 g/mol. The summed E-state index contributed by atoms with van der Waals surface area (Å²) in [5, 5.41) is 6.29. The third kappa shape index (κ3) is 7.80. The van der Waals surface area contributed by atoms with Crippen LogP contribution in [0.2, 0.25) is 0 Å². The number of hydrogen-bond donors (Lipinski definition) is 2. The lowest BCUT2D eigenvalue weighted by molar-refractivity contribution is 0.102. The fourth-order valence-corrected chi connectivity index (χ4v) is 4.92. The van der Waals surface area contributed by atoms with Gasteiger partial charge in [0.1, 0.15) is 5.75 Å². The number of aryl methyl sites for hydroxylation is 1. The molecule has 214 valence electrons. The van der Waals surface area contributed by atoms with Crippen molar-refractivity contribution in [2.45, 2.75) is 13.5 Å². The first-order valence-corrected chi connectivity index (χ1v) is 13.9. The second kappa shape index (κ2) is 13.9. The molecule has 2 N–H and O–H groups in total. The quantitative estimate of drug-likeness (QED) is 0.251. The van der Waals surface area contributed by atoms with Gasteiger partial charge in [-0.1, -0.05) is 12.1 Å². The molecule has 0 bridgehead atoms. The number of likely N-dealkylation sites (N-methyl/N-ethyl adjacent to an activating group) is 1. The van der Waals surface area contributed by atoms with Gasteiger partial charge in [-0.05, 0) is 71.9 Å². The summed E-state index contributed by atoms with van der Waals surface area (Å²) in [5.41, 5.74) is 5.68. The highest BCUT2D eigenvalue weighted by Crippen LogP contribution is 2.27. The molecule has 2 aromatic carbocycles. The molecule has 0 spiro atoms. The van der Waals surface area contributed by atoms with Gasteiger partial charge in [-0.3, -0.25) is 14.7 Å². The highest BCUT2D eigenvalue weighted by molar-refractivity contribution is 9.10. The molecule has 0 unspecified atom stereocenters. The molecule has 0 atom stereocenters. The standard InChI is InChI=1S/C30H32BrN7O2.ClH/c1-20-4-7-25(16-27(20)36-30-33-9-8-26(35-30)23-14-24(31)18-32-17-23)34-29(39)21-5-6-22(28(15-21)40-3)19-38-12-10-37(2)11-13-38;/h4-9,14-18H,10-13,19H2,1-3H3,(H,34,39)(H,33,35,36);1H. The minimum atomic E-state index is -0.209. The molecule has 0 saturated carbocycles. The van der Waals surface area contributed by atoms with Gasteiger partial charge < -0.3 is 20.3 Å². The first-order chi connectivity index (χ1) is 19.4. The number of ether oxygens (including phenoxy) is 1. The molecule has 1 saturated heterocycles. The van der Waals surface area contributed by atoms with Gasteiger partial charge in [0.25, 0.3) is 5.91 Å². The lowest BCUT2D eigenvalue weighted by atomic mass is 10.1. The Kier molecular flexibility index (Phi) is 10.3. The number of carbonyl (C=O) groups is 1. The molecule has 3 heterocycles. The molecule has 0 aliphatic carbocycles. The van der Waals surface area contributed by atoms with Crippen LogP contribution < -0.4 is 15.4 Å². The van der Waals surface area contributed by atoms with E-state index in [0.717, 1.165) is 71.0 Å². The van der Waals surface area contributed by atoms with Gasteiger partial charge >= 0.3 is 0 Å². The molecule has 1 fully saturated rings. The minimum absolute atomic E-state index is 0. The van der Waals surface area contributed by atoms with Gasteiger partial charge in [0.15, 0.2) is 0 Å². The van der Waals surface area contributed by atoms with E-state index < -0.39 is 0 Å². The molecule has 2 aromatic heterocycles. The summed E-state index contributed by atoms with van der Waals surface area (Å²) < 4.78 is 6.53. The lowest BCUT2D eigenvalue weighted by Gasteiger charge is -2.32. The second-order valence-electron chi connectivity index (χ2n) is 9.87. The zero-order chi connectivity index (χ0) is 28.1. The number of carbonyl (C=O) groups excluding carboxylic acids is 1. The van der Waals surface area contributed by atoms with E-state index in [2.05, 4.69) is 58.4 Å². The van der Waals surface area contributed by atoms with Gasteiger partial charge in [0.2, 0.25) is 5.95 Å². The molecule has 41 heavy (non-hydrogen) atoms. The number of hydrogen-bond acceptors (Lipinski definition) is 8. The van der Waals surface area contributed by atoms with Crippen LogP contribution in [0.1, 0.15) is 21.5 Å². The number of amides is 1. The largest absolute Gasteiger partial charge is 0.496 e. The summed E-state index contributed by atoms with van der Waals surface area (Å²) in [6.07, 6.45) is 5.19. The van der Waals surface area contributed by atoms with Crippen LogP contribution in [0.15, 0.2) is 71.6 Å². The monoisotopic (exact) mass is 637 g/mol. The average molecular weight is 639 g/mol. The number of aromatic nitrogens is 3. The summed E-state index contributed by atoms with van der Waals surface area (Å²) in [7, 11) is 3.79. The number of rotatable bonds is 8. The van der Waals surface area contributed by atoms with E-state index in [9.17, 15) is 4.79 Å². The number of piperazine rings is 1. The van der Waals surface area contributed by atoms with E-state index in [1.165, 1.54) is 0 Å². The minimum Gasteiger partial charge on any atom is -0.496 e. The highest BCUT2D eigenvalue weighted by atomic mass is 79.9. The van der Waals surface area contributed by atoms with Gasteiger partial charge in [0, 0.05) is 83.9 Å². The van der Waals surface area contributed by atoms with Crippen LogP contribution in [0.25, 0.3) is 11.3 Å². The van der Waals surface area contributed by atoms with Crippen molar-refractivity contribution < 1.29 is 9.53 Å². The number of pyridine rings is 1. The highest BCUT2D eigenvalue weighted by Gasteiger charge is 2.17. The summed E-state index contributed by atoms with van der Waals surface area (Å²) in [6.45, 7) is 6.92. The van der Waals surface area contributed by atoms with Crippen molar-refractivity contribution in [2.75, 3.05) is 51.0 Å². The van der Waals surface area contributed by atoms with Crippen LogP contribution in [0.5, 0.6) is 5.75 Å². The first kappa shape index (κ1) is 30.4. The second-order valence-corrected chi connectivity index (χ2v) is 10.8. The molecule has 0 radical (unpaired) electrons. The molecular formula is C30H33BrClN7O2. The SMILES string of the molecule is COc1cc(C(=O)Nc2ccc(C)c(Nc3nccc(-c4cncc(Br)c4)n3)c2)ccc1CN1CCN(C)CC1.Cl. The summed E-state index contributed by atoms with van der Waals surface area (Å²) >= 11 is 3.45. The lowest BCUT2D eigenvalue weighted by Crippen LogP contribution is -2.43. The maximum atomic E-state index is 13.2. The molecule has 4 aromatic rings. The third-order valence-corrected chi connectivity index (χ3v) is 7.37. The van der Waals surface area contributed by atoms with Gasteiger partial charge in [-0.2, -0.15) is 0 Å². The van der Waals surface area contributed by atoms with E-state index in [0.29, 0.717) is 17.2 Å². The van der Waals surface area contributed by atoms with E-state index in [1.54, 1.807) is 25.7 Å². The predicted molar refractivity (Wildman–Crippen MR) is 168 cm³/mol. The Balaban J connectivity index is 0.00000387. The van der Waals surface area contributed by atoms with Crippen molar-refractivity contribution in [1.82, 2.24) is 24.8 Å². The number of benzene rings is 2. The number of nitrogens with one attached hydrogen (secondary N) is 2. The van der Waals surface area contributed by atoms with Crippen molar-refractivity contribution in [3.63, 3.8) is 0 Å². The molecule has 1 amide bonds. The Morgan fingerprint density at radius 2 is 1.85 bits per heavy atom. The van der Waals surface area contributed by atoms with Crippen molar-refractivity contribution in [1.29, 1.82) is 0 Å². The van der Waals surface area contributed by atoms with Crippen LogP contribution in [0, 0.1) is 6.92 Å². The molecule has 1 aliphatic rings. The van der Waals surface area contributed by atoms with Crippen LogP contribution in [-0.4, -0.2) is 71.0 Å². The Hall–Kier alpha value is -3.57. The third-order valence-electron chi connectivity index (χ3n) is 6.94. The summed E-state index contributed by atoms with van der Waals surface area (Å²) in [4.78, 5) is 31.1. The van der Waals surface area contributed by atoms with E-state index in [4.69, 9.17) is 4.74 Å². The Morgan fingerprint density at radius 3 is 2.61 bits per heavy atom. The zero-order valence-electron chi connectivity index (χ0n) is 23.2. The molecule has 5 rings (SSSR count). The van der Waals surface area contributed by atoms with E-state index in [1.807, 2.05) is 55.5 Å². The van der Waals surface area contributed by atoms with Crippen LogP contribution in [0.4, 0.5) is 17.3 Å². The zero-order valence-corrected chi connectivity index (χ0v) is 25.6. The maximum absolute atomic E-state index is 13.2. The van der Waals surface area contributed by atoms with Crippen molar-refractivity contribution in [3.8, 4) is 17.0 Å².